The Morgan fingerprint density at radius 1 is 0.430 bits per heavy atom. The predicted molar refractivity (Wildman–Crippen MR) is 367 cm³/mol. The molecule has 12 rings (SSSR count). The number of fused-ring (bicyclic) bond motifs is 4. The Hall–Kier alpha value is -9.04. The maximum atomic E-state index is 11.8. The predicted octanol–water partition coefficient (Wildman–Crippen LogP) is 14.6. The summed E-state index contributed by atoms with van der Waals surface area (Å²) in [5.41, 5.74) is 20.7. The highest BCUT2D eigenvalue weighted by atomic mass is 79.9. The van der Waals surface area contributed by atoms with E-state index in [-0.39, 0.29) is 42.1 Å². The van der Waals surface area contributed by atoms with E-state index in [4.69, 9.17) is 76.8 Å². The lowest BCUT2D eigenvalue weighted by molar-refractivity contribution is 0.0515. The number of nitrogen functional groups attached to an aromatic ring is 2. The largest absolute Gasteiger partial charge is 0.462 e. The SMILES string of the molecule is C.CCOC(=O)c1cn(Cc2ccc3ncc(Cl)cc3c2)nc1Br.CCOC(=O)c1cn(Cc2ccc3ncc(Cl)cc3c2)nc1N.CCOC(=O)c1cnn(Cc2ccc3ncc(Cl)cc3c2)c1Br.CCOC(=O)c1cnn(Cc2ccc3ncc(Cl)cc3c2)c1N. The molecule has 0 saturated heterocycles. The van der Waals surface area contributed by atoms with Crippen LogP contribution in [0.15, 0.2) is 156 Å². The van der Waals surface area contributed by atoms with E-state index in [1.54, 1.807) is 83.6 Å². The number of nitrogens with two attached hydrogens (primary N) is 2. The summed E-state index contributed by atoms with van der Waals surface area (Å²) in [6.45, 7) is 10.2. The number of nitrogens with zero attached hydrogens (tertiary/aromatic N) is 12. The number of pyridine rings is 4. The van der Waals surface area contributed by atoms with Gasteiger partial charge in [-0.15, -0.1) is 0 Å². The van der Waals surface area contributed by atoms with Crippen LogP contribution in [-0.2, 0) is 45.1 Å². The van der Waals surface area contributed by atoms with Gasteiger partial charge in [-0.25, -0.2) is 23.9 Å². The third-order valence-electron chi connectivity index (χ3n) is 13.3. The summed E-state index contributed by atoms with van der Waals surface area (Å²) in [5, 5.41) is 23.0. The normalized spacial score (nSPS) is 10.8. The molecule has 0 aliphatic heterocycles. The molecule has 12 aromatic rings. The molecule has 0 spiro atoms. The van der Waals surface area contributed by atoms with Crippen molar-refractivity contribution < 1.29 is 38.1 Å². The highest BCUT2D eigenvalue weighted by Crippen LogP contribution is 2.26. The number of rotatable bonds is 16. The second kappa shape index (κ2) is 32.5. The molecule has 0 unspecified atom stereocenters. The lowest BCUT2D eigenvalue weighted by Gasteiger charge is -2.07. The van der Waals surface area contributed by atoms with Gasteiger partial charge in [-0.2, -0.15) is 20.4 Å². The van der Waals surface area contributed by atoms with Crippen LogP contribution in [-0.4, -0.2) is 109 Å². The maximum absolute atomic E-state index is 11.8. The van der Waals surface area contributed by atoms with Gasteiger partial charge in [0.15, 0.2) is 5.82 Å². The van der Waals surface area contributed by atoms with E-state index in [1.165, 1.54) is 12.4 Å². The fourth-order valence-electron chi connectivity index (χ4n) is 9.15. The number of carbonyl (C=O) groups is 4. The Morgan fingerprint density at radius 3 is 1.18 bits per heavy atom. The van der Waals surface area contributed by atoms with Crippen LogP contribution in [0.1, 0.15) is 98.8 Å². The highest BCUT2D eigenvalue weighted by Gasteiger charge is 2.20. The number of aromatic nitrogens is 12. The first-order chi connectivity index (χ1) is 44.3. The highest BCUT2D eigenvalue weighted by molar-refractivity contribution is 9.10. The number of carbonyl (C=O) groups excluding carboxylic acids is 4. The summed E-state index contributed by atoms with van der Waals surface area (Å²) in [6, 6.07) is 31.0. The fourth-order valence-corrected chi connectivity index (χ4v) is 10.8. The van der Waals surface area contributed by atoms with Crippen LogP contribution in [0.5, 0.6) is 0 Å². The van der Waals surface area contributed by atoms with Gasteiger partial charge in [-0.3, -0.25) is 34.0 Å². The molecule has 28 heteroatoms. The van der Waals surface area contributed by atoms with Gasteiger partial charge in [0.2, 0.25) is 0 Å². The van der Waals surface area contributed by atoms with E-state index in [0.717, 1.165) is 65.9 Å². The number of esters is 4. The van der Waals surface area contributed by atoms with Crippen molar-refractivity contribution in [2.45, 2.75) is 61.3 Å². The van der Waals surface area contributed by atoms with Crippen LogP contribution in [0.4, 0.5) is 11.6 Å². The lowest BCUT2D eigenvalue weighted by Crippen LogP contribution is -2.10. The first-order valence-corrected chi connectivity index (χ1v) is 31.3. The van der Waals surface area contributed by atoms with Gasteiger partial charge in [-0.05, 0) is 155 Å². The Labute approximate surface area is 570 Å². The molecule has 0 radical (unpaired) electrons. The van der Waals surface area contributed by atoms with Crippen molar-refractivity contribution in [2.75, 3.05) is 37.9 Å². The third kappa shape index (κ3) is 18.2. The quantitative estimate of drug-likeness (QED) is 0.0671. The smallest absolute Gasteiger partial charge is 0.343 e. The zero-order chi connectivity index (χ0) is 65.6. The van der Waals surface area contributed by atoms with E-state index in [2.05, 4.69) is 72.2 Å². The first-order valence-electron chi connectivity index (χ1n) is 28.2. The summed E-state index contributed by atoms with van der Waals surface area (Å²) in [5.74, 6) is -1.27. The van der Waals surface area contributed by atoms with Crippen LogP contribution in [0.25, 0.3) is 43.6 Å². The van der Waals surface area contributed by atoms with Gasteiger partial charge in [-0.1, -0.05) is 78.1 Å². The zero-order valence-electron chi connectivity index (χ0n) is 49.6. The number of anilines is 2. The number of ether oxygens (including phenoxy) is 4. The molecule has 0 bridgehead atoms. The standard InChI is InChI=1S/2C16H13BrClN3O2.2C16H15ClN4O2.CH4/c1-2-23-16(22)13-8-20-21(15(13)17)9-10-3-4-14-11(5-10)6-12(18)7-19-14;1-2-23-16(22)13-9-21(20-15(13)17)8-10-3-4-14-11(5-10)6-12(18)7-19-14;1-2-23-16(22)13-8-20-21(15(13)18)9-10-3-4-14-11(5-10)6-12(17)7-19-14;1-2-23-16(22)13-9-21(20-15(13)18)8-10-3-4-14-11(5-10)6-12(17)7-19-14;/h3-8H,2,9H2,1H3;3-7,9H,2,8H2,1H3;3-8H,2,9,18H2,1H3;3-7,9H,2,8H2,1H3,(H2,18,20);1H4. The van der Waals surface area contributed by atoms with E-state index in [0.29, 0.717) is 93.0 Å². The fraction of sp³-hybridized carbons (Fsp3) is 0.200. The molecule has 0 fully saturated rings. The number of halogens is 6. The zero-order valence-corrected chi connectivity index (χ0v) is 55.8. The second-order valence-electron chi connectivity index (χ2n) is 19.9. The van der Waals surface area contributed by atoms with Crippen molar-refractivity contribution in [3.8, 4) is 0 Å². The summed E-state index contributed by atoms with van der Waals surface area (Å²) in [7, 11) is 0. The van der Waals surface area contributed by atoms with Crippen molar-refractivity contribution in [1.29, 1.82) is 0 Å². The Morgan fingerprint density at radius 2 is 0.763 bits per heavy atom. The molecule has 4 aromatic carbocycles. The van der Waals surface area contributed by atoms with Crippen LogP contribution < -0.4 is 11.5 Å². The van der Waals surface area contributed by atoms with Gasteiger partial charge in [0, 0.05) is 58.7 Å². The maximum Gasteiger partial charge on any atom is 0.343 e. The van der Waals surface area contributed by atoms with E-state index in [1.807, 2.05) is 97.1 Å². The number of hydrogen-bond donors (Lipinski definition) is 2. The van der Waals surface area contributed by atoms with E-state index >= 15 is 0 Å². The molecule has 0 amide bonds. The summed E-state index contributed by atoms with van der Waals surface area (Å²) in [4.78, 5) is 64.2. The Bertz CT molecular complexity index is 4350. The van der Waals surface area contributed by atoms with Gasteiger partial charge < -0.3 is 30.4 Å². The average molecular weight is 1470 g/mol. The minimum Gasteiger partial charge on any atom is -0.462 e. The van der Waals surface area contributed by atoms with Crippen LogP contribution in [0.2, 0.25) is 20.1 Å². The topological polar surface area (TPSA) is 280 Å². The number of hydrogen-bond acceptors (Lipinski definition) is 18. The first kappa shape index (κ1) is 69.8. The second-order valence-corrected chi connectivity index (χ2v) is 23.1. The number of benzene rings is 4. The molecule has 8 aromatic heterocycles. The molecule has 0 aliphatic rings. The molecule has 0 saturated carbocycles. The Balaban J connectivity index is 0.000000159. The molecule has 4 N–H and O–H groups in total. The van der Waals surface area contributed by atoms with Gasteiger partial charge in [0.1, 0.15) is 37.3 Å². The summed E-state index contributed by atoms with van der Waals surface area (Å²) < 4.78 is 27.5. The average Bonchev–Trinajstić information content (AvgIpc) is 2.16. The minimum atomic E-state index is -0.467. The molecule has 480 valence electrons. The van der Waals surface area contributed by atoms with Crippen molar-refractivity contribution in [2.24, 2.45) is 0 Å². The monoisotopic (exact) mass is 1460 g/mol. The third-order valence-corrected chi connectivity index (χ3v) is 15.6. The molecular formula is C65H60Br2Cl4N14O8. The summed E-state index contributed by atoms with van der Waals surface area (Å²) in [6.07, 6.45) is 12.7. The molecule has 8 heterocycles. The van der Waals surface area contributed by atoms with Crippen molar-refractivity contribution in [1.82, 2.24) is 59.1 Å². The lowest BCUT2D eigenvalue weighted by atomic mass is 10.1. The van der Waals surface area contributed by atoms with Crippen LogP contribution in [0.3, 0.4) is 0 Å². The summed E-state index contributed by atoms with van der Waals surface area (Å²) >= 11 is 30.6. The molecule has 93 heavy (non-hydrogen) atoms. The minimum absolute atomic E-state index is 0. The molecule has 22 nitrogen and oxygen atoms in total. The van der Waals surface area contributed by atoms with Crippen LogP contribution in [0, 0.1) is 0 Å². The van der Waals surface area contributed by atoms with Gasteiger partial charge >= 0.3 is 23.9 Å². The van der Waals surface area contributed by atoms with Gasteiger partial charge in [0.25, 0.3) is 0 Å². The van der Waals surface area contributed by atoms with Crippen molar-refractivity contribution in [3.63, 3.8) is 0 Å². The van der Waals surface area contributed by atoms with Crippen molar-refractivity contribution >= 4 is 157 Å². The van der Waals surface area contributed by atoms with Crippen molar-refractivity contribution in [3.05, 3.63) is 220 Å². The van der Waals surface area contributed by atoms with Gasteiger partial charge in [0.05, 0.1) is 107 Å². The Kier molecular flexibility index (Phi) is 24.4. The molecule has 0 aliphatic carbocycles. The van der Waals surface area contributed by atoms with E-state index < -0.39 is 11.9 Å². The van der Waals surface area contributed by atoms with Crippen LogP contribution >= 0.6 is 78.3 Å². The molecular weight excluding hydrogens is 1410 g/mol. The van der Waals surface area contributed by atoms with E-state index in [9.17, 15) is 19.2 Å². The molecule has 0 atom stereocenters.